The number of nitrogens with one attached hydrogen (secondary N) is 1. The van der Waals surface area contributed by atoms with Gasteiger partial charge in [-0.15, -0.1) is 0 Å². The second kappa shape index (κ2) is 4.96. The van der Waals surface area contributed by atoms with Crippen LogP contribution in [0.1, 0.15) is 41.6 Å². The molecule has 0 bridgehead atoms. The monoisotopic (exact) mass is 310 g/mol. The van der Waals surface area contributed by atoms with Gasteiger partial charge in [-0.3, -0.25) is 5.10 Å². The number of H-pyrrole nitrogens is 1. The van der Waals surface area contributed by atoms with E-state index in [1.165, 1.54) is 4.31 Å². The zero-order chi connectivity index (χ0) is 15.2. The van der Waals surface area contributed by atoms with Crippen molar-refractivity contribution in [2.75, 3.05) is 6.54 Å². The van der Waals surface area contributed by atoms with Gasteiger partial charge in [0.25, 0.3) is 0 Å². The van der Waals surface area contributed by atoms with Gasteiger partial charge in [0.2, 0.25) is 10.0 Å². The second-order valence-electron chi connectivity index (χ2n) is 5.39. The van der Waals surface area contributed by atoms with Crippen LogP contribution in [0.5, 0.6) is 0 Å². The van der Waals surface area contributed by atoms with Gasteiger partial charge in [0.05, 0.1) is 17.9 Å². The summed E-state index contributed by atoms with van der Waals surface area (Å²) >= 11 is 0. The minimum absolute atomic E-state index is 0.187. The first kappa shape index (κ1) is 14.3. The fourth-order valence-corrected chi connectivity index (χ4v) is 4.93. The van der Waals surface area contributed by atoms with Gasteiger partial charge >= 0.3 is 0 Å². The molecular formula is C13H18N4O3S. The highest BCUT2D eigenvalue weighted by atomic mass is 32.2. The topological polar surface area (TPSA) is 92.1 Å². The molecule has 1 atom stereocenters. The lowest BCUT2D eigenvalue weighted by Crippen LogP contribution is -2.31. The van der Waals surface area contributed by atoms with Crippen molar-refractivity contribution in [2.24, 2.45) is 0 Å². The first-order valence-corrected chi connectivity index (χ1v) is 8.31. The molecule has 3 rings (SSSR count). The number of aromatic nitrogens is 3. The normalized spacial score (nSPS) is 20.2. The highest BCUT2D eigenvalue weighted by molar-refractivity contribution is 7.89. The van der Waals surface area contributed by atoms with Crippen LogP contribution in [0.2, 0.25) is 0 Å². The number of aromatic amines is 1. The van der Waals surface area contributed by atoms with Crippen LogP contribution in [0.3, 0.4) is 0 Å². The van der Waals surface area contributed by atoms with E-state index in [9.17, 15) is 8.42 Å². The molecule has 1 saturated heterocycles. The number of rotatable bonds is 3. The molecule has 1 fully saturated rings. The van der Waals surface area contributed by atoms with Crippen LogP contribution in [-0.4, -0.2) is 34.6 Å². The summed E-state index contributed by atoms with van der Waals surface area (Å²) in [6, 6.07) is -0.203. The van der Waals surface area contributed by atoms with Crippen LogP contribution >= 0.6 is 0 Å². The molecule has 21 heavy (non-hydrogen) atoms. The summed E-state index contributed by atoms with van der Waals surface area (Å²) in [4.78, 5) is 0.187. The Morgan fingerprint density at radius 1 is 1.38 bits per heavy atom. The van der Waals surface area contributed by atoms with E-state index in [0.717, 1.165) is 24.1 Å². The number of nitrogens with zero attached hydrogens (tertiary/aromatic N) is 3. The van der Waals surface area contributed by atoms with E-state index in [4.69, 9.17) is 4.52 Å². The Balaban J connectivity index is 2.05. The standard InChI is InChI=1S/C13H18N4O3S/c1-8-7-14-15-12(8)11-5-4-6-17(11)21(18,19)13-9(2)16-20-10(13)3/h7,11H,4-6H2,1-3H3,(H,14,15). The molecular weight excluding hydrogens is 292 g/mol. The molecule has 0 aliphatic carbocycles. The van der Waals surface area contributed by atoms with Gasteiger partial charge in [-0.1, -0.05) is 5.16 Å². The zero-order valence-corrected chi connectivity index (χ0v) is 13.1. The second-order valence-corrected chi connectivity index (χ2v) is 7.22. The minimum atomic E-state index is -3.62. The van der Waals surface area contributed by atoms with Crippen LogP contribution in [0, 0.1) is 20.8 Å². The van der Waals surface area contributed by atoms with Gasteiger partial charge in [0.15, 0.2) is 5.76 Å². The Morgan fingerprint density at radius 3 is 2.71 bits per heavy atom. The van der Waals surface area contributed by atoms with Crippen LogP contribution in [0.15, 0.2) is 15.6 Å². The maximum atomic E-state index is 12.9. The number of hydrogen-bond acceptors (Lipinski definition) is 5. The van der Waals surface area contributed by atoms with Crippen molar-refractivity contribution in [3.8, 4) is 0 Å². The predicted octanol–water partition coefficient (Wildman–Crippen LogP) is 1.85. The third-order valence-corrected chi connectivity index (χ3v) is 6.09. The van der Waals surface area contributed by atoms with Crippen LogP contribution in [-0.2, 0) is 10.0 Å². The van der Waals surface area contributed by atoms with Gasteiger partial charge in [-0.2, -0.15) is 9.40 Å². The lowest BCUT2D eigenvalue weighted by Gasteiger charge is -2.23. The Bertz CT molecular complexity index is 743. The third kappa shape index (κ3) is 2.18. The van der Waals surface area contributed by atoms with Crippen molar-refractivity contribution in [2.45, 2.75) is 44.6 Å². The Morgan fingerprint density at radius 2 is 2.14 bits per heavy atom. The summed E-state index contributed by atoms with van der Waals surface area (Å²) in [5.41, 5.74) is 2.24. The van der Waals surface area contributed by atoms with Gasteiger partial charge in [0.1, 0.15) is 10.6 Å². The predicted molar refractivity (Wildman–Crippen MR) is 75.2 cm³/mol. The average molecular weight is 310 g/mol. The molecule has 1 N–H and O–H groups in total. The van der Waals surface area contributed by atoms with E-state index in [2.05, 4.69) is 15.4 Å². The van der Waals surface area contributed by atoms with E-state index in [0.29, 0.717) is 18.0 Å². The molecule has 0 aromatic carbocycles. The van der Waals surface area contributed by atoms with Crippen molar-refractivity contribution < 1.29 is 12.9 Å². The van der Waals surface area contributed by atoms with Gasteiger partial charge in [-0.05, 0) is 39.2 Å². The van der Waals surface area contributed by atoms with Gasteiger partial charge in [0, 0.05) is 6.54 Å². The van der Waals surface area contributed by atoms with Crippen molar-refractivity contribution in [1.82, 2.24) is 19.7 Å². The fourth-order valence-electron chi connectivity index (χ4n) is 2.97. The molecule has 0 radical (unpaired) electrons. The van der Waals surface area contributed by atoms with Crippen LogP contribution < -0.4 is 0 Å². The summed E-state index contributed by atoms with van der Waals surface area (Å²) in [5, 5.41) is 10.7. The molecule has 1 aliphatic heterocycles. The molecule has 2 aromatic heterocycles. The highest BCUT2D eigenvalue weighted by Crippen LogP contribution is 2.38. The number of aryl methyl sites for hydroxylation is 3. The first-order valence-electron chi connectivity index (χ1n) is 6.87. The van der Waals surface area contributed by atoms with Crippen molar-refractivity contribution >= 4 is 10.0 Å². The van der Waals surface area contributed by atoms with E-state index < -0.39 is 10.0 Å². The average Bonchev–Trinajstić information content (AvgIpc) is 3.09. The lowest BCUT2D eigenvalue weighted by molar-refractivity contribution is 0.380. The SMILES string of the molecule is Cc1cn[nH]c1C1CCCN1S(=O)(=O)c1c(C)noc1C. The Kier molecular flexibility index (Phi) is 3.37. The van der Waals surface area contributed by atoms with E-state index >= 15 is 0 Å². The molecule has 114 valence electrons. The molecule has 3 heterocycles. The van der Waals surface area contributed by atoms with E-state index in [-0.39, 0.29) is 10.9 Å². The number of sulfonamides is 1. The summed E-state index contributed by atoms with van der Waals surface area (Å²) in [6.07, 6.45) is 3.33. The molecule has 2 aromatic rings. The molecule has 0 saturated carbocycles. The molecule has 0 spiro atoms. The quantitative estimate of drug-likeness (QED) is 0.934. The van der Waals surface area contributed by atoms with Gasteiger partial charge in [-0.25, -0.2) is 8.42 Å². The van der Waals surface area contributed by atoms with Crippen molar-refractivity contribution in [1.29, 1.82) is 0 Å². The van der Waals surface area contributed by atoms with Crippen LogP contribution in [0.25, 0.3) is 0 Å². The molecule has 0 amide bonds. The first-order chi connectivity index (χ1) is 9.93. The fraction of sp³-hybridized carbons (Fsp3) is 0.538. The summed E-state index contributed by atoms with van der Waals surface area (Å²) in [5.74, 6) is 0.333. The van der Waals surface area contributed by atoms with E-state index in [1.807, 2.05) is 6.92 Å². The van der Waals surface area contributed by atoms with E-state index in [1.54, 1.807) is 20.0 Å². The molecule has 1 unspecified atom stereocenters. The molecule has 8 heteroatoms. The molecule has 1 aliphatic rings. The Hall–Kier alpha value is -1.67. The van der Waals surface area contributed by atoms with Crippen molar-refractivity contribution in [3.63, 3.8) is 0 Å². The zero-order valence-electron chi connectivity index (χ0n) is 12.3. The summed E-state index contributed by atoms with van der Waals surface area (Å²) in [6.45, 7) is 5.70. The largest absolute Gasteiger partial charge is 0.360 e. The minimum Gasteiger partial charge on any atom is -0.360 e. The lowest BCUT2D eigenvalue weighted by atomic mass is 10.1. The summed E-state index contributed by atoms with van der Waals surface area (Å²) in [7, 11) is -3.62. The third-order valence-electron chi connectivity index (χ3n) is 3.94. The Labute approximate surface area is 123 Å². The smallest absolute Gasteiger partial charge is 0.249 e. The maximum Gasteiger partial charge on any atom is 0.249 e. The summed E-state index contributed by atoms with van der Waals surface area (Å²) < 4.78 is 32.4. The van der Waals surface area contributed by atoms with Crippen molar-refractivity contribution in [3.05, 3.63) is 28.9 Å². The maximum absolute atomic E-state index is 12.9. The molecule has 7 nitrogen and oxygen atoms in total. The highest BCUT2D eigenvalue weighted by Gasteiger charge is 2.40. The van der Waals surface area contributed by atoms with Crippen LogP contribution in [0.4, 0.5) is 0 Å². The number of hydrogen-bond donors (Lipinski definition) is 1. The van der Waals surface area contributed by atoms with Gasteiger partial charge < -0.3 is 4.52 Å².